The van der Waals surface area contributed by atoms with Gasteiger partial charge in [-0.05, 0) is 43.2 Å². The van der Waals surface area contributed by atoms with Crippen LogP contribution in [-0.4, -0.2) is 46.4 Å². The minimum atomic E-state index is -0.520. The molecule has 2 atom stereocenters. The van der Waals surface area contributed by atoms with Gasteiger partial charge in [0.15, 0.2) is 5.17 Å². The molecular formula is C22H22ClN3O3S. The highest BCUT2D eigenvalue weighted by Gasteiger charge is 2.40. The Balaban J connectivity index is 1.48. The first-order valence-corrected chi connectivity index (χ1v) is 11.1. The van der Waals surface area contributed by atoms with Crippen LogP contribution in [0.5, 0.6) is 0 Å². The molecule has 4 rings (SSSR count). The average molecular weight is 444 g/mol. The Morgan fingerprint density at radius 3 is 2.80 bits per heavy atom. The number of rotatable bonds is 6. The standard InChI is InChI=1S/C22H22ClN3O3S/c23-15-6-4-9-17(12-15)24-20(27)13-19-21(28)26(14-18-10-5-11-29-18)22(30-19)25-16-7-2-1-3-8-16/h1-4,6-9,12,18-19H,5,10-11,13-14H2,(H,24,27)/t18-,19+/m1/s1. The van der Waals surface area contributed by atoms with Crippen molar-refractivity contribution in [3.05, 3.63) is 59.6 Å². The summed E-state index contributed by atoms with van der Waals surface area (Å²) in [7, 11) is 0. The van der Waals surface area contributed by atoms with E-state index in [9.17, 15) is 9.59 Å². The van der Waals surface area contributed by atoms with Gasteiger partial charge in [-0.15, -0.1) is 0 Å². The van der Waals surface area contributed by atoms with Crippen molar-refractivity contribution in [1.29, 1.82) is 0 Å². The number of benzene rings is 2. The Bertz CT molecular complexity index is 948. The molecule has 6 nitrogen and oxygen atoms in total. The third-order valence-corrected chi connectivity index (χ3v) is 6.30. The molecule has 8 heteroatoms. The summed E-state index contributed by atoms with van der Waals surface area (Å²) in [6.07, 6.45) is 1.99. The van der Waals surface area contributed by atoms with Crippen LogP contribution in [0, 0.1) is 0 Å². The summed E-state index contributed by atoms with van der Waals surface area (Å²) in [5, 5.41) is 3.44. The lowest BCUT2D eigenvalue weighted by atomic mass is 10.2. The largest absolute Gasteiger partial charge is 0.376 e. The first-order chi connectivity index (χ1) is 14.6. The van der Waals surface area contributed by atoms with E-state index in [1.165, 1.54) is 11.8 Å². The number of carbonyl (C=O) groups is 2. The third kappa shape index (κ3) is 5.22. The molecule has 2 aromatic rings. The number of nitrogens with zero attached hydrogens (tertiary/aromatic N) is 2. The van der Waals surface area contributed by atoms with E-state index < -0.39 is 5.25 Å². The topological polar surface area (TPSA) is 71.0 Å². The Morgan fingerprint density at radius 1 is 1.23 bits per heavy atom. The highest BCUT2D eigenvalue weighted by atomic mass is 35.5. The summed E-state index contributed by atoms with van der Waals surface area (Å²) in [6.45, 7) is 1.18. The second-order valence-electron chi connectivity index (χ2n) is 7.18. The zero-order valence-corrected chi connectivity index (χ0v) is 17.9. The summed E-state index contributed by atoms with van der Waals surface area (Å²) < 4.78 is 5.72. The zero-order valence-electron chi connectivity index (χ0n) is 16.3. The predicted octanol–water partition coefficient (Wildman–Crippen LogP) is 4.48. The minimum absolute atomic E-state index is 0.00885. The lowest BCUT2D eigenvalue weighted by Gasteiger charge is -2.20. The Labute approximate surface area is 184 Å². The highest BCUT2D eigenvalue weighted by Crippen LogP contribution is 2.33. The summed E-state index contributed by atoms with van der Waals surface area (Å²) in [5.74, 6) is -0.340. The monoisotopic (exact) mass is 443 g/mol. The lowest BCUT2D eigenvalue weighted by Crippen LogP contribution is -2.38. The predicted molar refractivity (Wildman–Crippen MR) is 120 cm³/mol. The maximum absolute atomic E-state index is 13.1. The maximum atomic E-state index is 13.1. The number of nitrogens with one attached hydrogen (secondary N) is 1. The van der Waals surface area contributed by atoms with Crippen molar-refractivity contribution in [2.24, 2.45) is 4.99 Å². The van der Waals surface area contributed by atoms with E-state index in [-0.39, 0.29) is 24.3 Å². The molecule has 0 spiro atoms. The van der Waals surface area contributed by atoms with Crippen LogP contribution in [-0.2, 0) is 14.3 Å². The van der Waals surface area contributed by atoms with Gasteiger partial charge in [0.25, 0.3) is 0 Å². The fourth-order valence-corrected chi connectivity index (χ4v) is 4.80. The van der Waals surface area contributed by atoms with Crippen LogP contribution in [0.15, 0.2) is 59.6 Å². The first-order valence-electron chi connectivity index (χ1n) is 9.87. The van der Waals surface area contributed by atoms with Gasteiger partial charge in [0.2, 0.25) is 11.8 Å². The van der Waals surface area contributed by atoms with E-state index in [0.29, 0.717) is 22.4 Å². The molecule has 2 amide bonds. The molecule has 2 aliphatic heterocycles. The van der Waals surface area contributed by atoms with Crippen molar-refractivity contribution < 1.29 is 14.3 Å². The van der Waals surface area contributed by atoms with Crippen molar-refractivity contribution in [1.82, 2.24) is 4.90 Å². The molecule has 0 unspecified atom stereocenters. The summed E-state index contributed by atoms with van der Waals surface area (Å²) in [4.78, 5) is 32.0. The van der Waals surface area contributed by atoms with Gasteiger partial charge < -0.3 is 10.1 Å². The summed E-state index contributed by atoms with van der Waals surface area (Å²) >= 11 is 7.31. The van der Waals surface area contributed by atoms with Crippen LogP contribution in [0.4, 0.5) is 11.4 Å². The van der Waals surface area contributed by atoms with Crippen LogP contribution >= 0.6 is 23.4 Å². The molecule has 0 aromatic heterocycles. The number of thioether (sulfide) groups is 1. The van der Waals surface area contributed by atoms with Crippen molar-refractivity contribution in [3.8, 4) is 0 Å². The van der Waals surface area contributed by atoms with Gasteiger partial charge in [0.05, 0.1) is 18.3 Å². The molecule has 2 fully saturated rings. The number of ether oxygens (including phenoxy) is 1. The molecule has 0 saturated carbocycles. The molecule has 156 valence electrons. The van der Waals surface area contributed by atoms with Crippen LogP contribution in [0.3, 0.4) is 0 Å². The highest BCUT2D eigenvalue weighted by molar-refractivity contribution is 8.15. The molecule has 0 bridgehead atoms. The Kier molecular flexibility index (Phi) is 6.72. The number of hydrogen-bond acceptors (Lipinski definition) is 5. The van der Waals surface area contributed by atoms with E-state index in [1.54, 1.807) is 29.2 Å². The van der Waals surface area contributed by atoms with Gasteiger partial charge in [0, 0.05) is 23.7 Å². The van der Waals surface area contributed by atoms with E-state index >= 15 is 0 Å². The number of anilines is 1. The van der Waals surface area contributed by atoms with Crippen molar-refractivity contribution in [2.75, 3.05) is 18.5 Å². The molecular weight excluding hydrogens is 422 g/mol. The van der Waals surface area contributed by atoms with Gasteiger partial charge in [0.1, 0.15) is 5.25 Å². The molecule has 2 heterocycles. The van der Waals surface area contributed by atoms with Crippen LogP contribution in [0.1, 0.15) is 19.3 Å². The molecule has 0 radical (unpaired) electrons. The third-order valence-electron chi connectivity index (χ3n) is 4.89. The fraction of sp³-hybridized carbons (Fsp3) is 0.318. The van der Waals surface area contributed by atoms with Gasteiger partial charge in [-0.1, -0.05) is 47.6 Å². The van der Waals surface area contributed by atoms with Crippen molar-refractivity contribution >= 4 is 51.7 Å². The van der Waals surface area contributed by atoms with Crippen molar-refractivity contribution in [2.45, 2.75) is 30.6 Å². The van der Waals surface area contributed by atoms with E-state index in [2.05, 4.69) is 10.3 Å². The summed E-state index contributed by atoms with van der Waals surface area (Å²) in [6, 6.07) is 16.5. The fourth-order valence-electron chi connectivity index (χ4n) is 3.44. The average Bonchev–Trinajstić information content (AvgIpc) is 3.33. The number of para-hydroxylation sites is 1. The summed E-state index contributed by atoms with van der Waals surface area (Å²) in [5.41, 5.74) is 1.38. The zero-order chi connectivity index (χ0) is 20.9. The second-order valence-corrected chi connectivity index (χ2v) is 8.79. The van der Waals surface area contributed by atoms with E-state index in [1.807, 2.05) is 30.3 Å². The smallest absolute Gasteiger partial charge is 0.242 e. The normalized spacial score (nSPS) is 22.6. The molecule has 1 N–H and O–H groups in total. The van der Waals surface area contributed by atoms with Crippen LogP contribution in [0.2, 0.25) is 5.02 Å². The quantitative estimate of drug-likeness (QED) is 0.714. The number of amides is 2. The Hall–Kier alpha value is -2.35. The number of amidine groups is 1. The van der Waals surface area contributed by atoms with E-state index in [0.717, 1.165) is 25.1 Å². The second kappa shape index (κ2) is 9.64. The number of hydrogen-bond donors (Lipinski definition) is 1. The van der Waals surface area contributed by atoms with Gasteiger partial charge in [-0.25, -0.2) is 4.99 Å². The van der Waals surface area contributed by atoms with Crippen LogP contribution < -0.4 is 5.32 Å². The SMILES string of the molecule is O=C(C[C@@H]1SC(=Nc2ccccc2)N(C[C@H]2CCCO2)C1=O)Nc1cccc(Cl)c1. The first kappa shape index (κ1) is 20.9. The number of aliphatic imine (C=N–C) groups is 1. The molecule has 2 saturated heterocycles. The maximum Gasteiger partial charge on any atom is 0.242 e. The number of halogens is 1. The number of carbonyl (C=O) groups excluding carboxylic acids is 2. The minimum Gasteiger partial charge on any atom is -0.376 e. The van der Waals surface area contributed by atoms with Gasteiger partial charge >= 0.3 is 0 Å². The molecule has 2 aromatic carbocycles. The molecule has 30 heavy (non-hydrogen) atoms. The molecule has 2 aliphatic rings. The molecule has 0 aliphatic carbocycles. The van der Waals surface area contributed by atoms with Crippen LogP contribution in [0.25, 0.3) is 0 Å². The Morgan fingerprint density at radius 2 is 2.07 bits per heavy atom. The lowest BCUT2D eigenvalue weighted by molar-refractivity contribution is -0.129. The van der Waals surface area contributed by atoms with Gasteiger partial charge in [-0.3, -0.25) is 14.5 Å². The van der Waals surface area contributed by atoms with E-state index in [4.69, 9.17) is 16.3 Å². The van der Waals surface area contributed by atoms with Crippen molar-refractivity contribution in [3.63, 3.8) is 0 Å². The van der Waals surface area contributed by atoms with Gasteiger partial charge in [-0.2, -0.15) is 0 Å².